The number of hydrogen-bond acceptors (Lipinski definition) is 2. The number of carbonyl (C=O) groups is 1. The second-order valence-corrected chi connectivity index (χ2v) is 6.33. The summed E-state index contributed by atoms with van der Waals surface area (Å²) in [5.41, 5.74) is 2.67. The van der Waals surface area contributed by atoms with E-state index in [4.69, 9.17) is 0 Å². The molecule has 2 amide bonds. The number of H-pyrrole nitrogens is 1. The van der Waals surface area contributed by atoms with E-state index in [0.717, 1.165) is 28.7 Å². The lowest BCUT2D eigenvalue weighted by Crippen LogP contribution is -2.19. The maximum atomic E-state index is 12.6. The third-order valence-corrected chi connectivity index (χ3v) is 4.28. The molecule has 4 aromatic rings. The number of alkyl halides is 3. The van der Waals surface area contributed by atoms with E-state index < -0.39 is 17.8 Å². The summed E-state index contributed by atoms with van der Waals surface area (Å²) >= 11 is 0. The van der Waals surface area contributed by atoms with Crippen LogP contribution in [0, 0.1) is 0 Å². The van der Waals surface area contributed by atoms with Gasteiger partial charge in [0.2, 0.25) is 0 Å². The number of benzene rings is 3. The largest absolute Gasteiger partial charge is 0.416 e. The first-order valence-corrected chi connectivity index (χ1v) is 8.69. The predicted molar refractivity (Wildman–Crippen MR) is 106 cm³/mol. The fourth-order valence-corrected chi connectivity index (χ4v) is 2.84. The number of aromatic nitrogens is 2. The summed E-state index contributed by atoms with van der Waals surface area (Å²) in [7, 11) is 0. The minimum absolute atomic E-state index is 0.259. The van der Waals surface area contributed by atoms with E-state index in [-0.39, 0.29) is 5.69 Å². The van der Waals surface area contributed by atoms with Crippen molar-refractivity contribution >= 4 is 28.4 Å². The summed E-state index contributed by atoms with van der Waals surface area (Å²) < 4.78 is 37.7. The molecule has 8 heteroatoms. The molecule has 29 heavy (non-hydrogen) atoms. The van der Waals surface area contributed by atoms with Gasteiger partial charge < -0.3 is 15.6 Å². The van der Waals surface area contributed by atoms with Gasteiger partial charge >= 0.3 is 12.2 Å². The molecule has 3 aromatic carbocycles. The van der Waals surface area contributed by atoms with Crippen LogP contribution in [0.15, 0.2) is 72.8 Å². The molecule has 1 heterocycles. The van der Waals surface area contributed by atoms with Crippen LogP contribution in [0.3, 0.4) is 0 Å². The van der Waals surface area contributed by atoms with Crippen LogP contribution >= 0.6 is 0 Å². The molecule has 3 N–H and O–H groups in total. The molecule has 0 atom stereocenters. The van der Waals surface area contributed by atoms with E-state index in [0.29, 0.717) is 11.5 Å². The van der Waals surface area contributed by atoms with Crippen LogP contribution in [-0.4, -0.2) is 16.0 Å². The van der Waals surface area contributed by atoms with Gasteiger partial charge in [-0.25, -0.2) is 9.78 Å². The molecule has 0 saturated carbocycles. The zero-order valence-corrected chi connectivity index (χ0v) is 14.9. The van der Waals surface area contributed by atoms with Crippen molar-refractivity contribution in [2.24, 2.45) is 0 Å². The van der Waals surface area contributed by atoms with Crippen molar-refractivity contribution in [3.63, 3.8) is 0 Å². The summed E-state index contributed by atoms with van der Waals surface area (Å²) in [6, 6.07) is 18.4. The lowest BCUT2D eigenvalue weighted by Gasteiger charge is -2.10. The van der Waals surface area contributed by atoms with Crippen LogP contribution in [0.25, 0.3) is 22.4 Å². The highest BCUT2D eigenvalue weighted by molar-refractivity contribution is 5.99. The second kappa shape index (κ2) is 7.31. The Bertz CT molecular complexity index is 1120. The number of nitrogens with one attached hydrogen (secondary N) is 3. The molecule has 0 bridgehead atoms. The summed E-state index contributed by atoms with van der Waals surface area (Å²) in [6.07, 6.45) is -4.41. The normalized spacial score (nSPS) is 11.4. The minimum Gasteiger partial charge on any atom is -0.338 e. The number of carbonyl (C=O) groups excluding carboxylic acids is 1. The smallest absolute Gasteiger partial charge is 0.338 e. The lowest BCUT2D eigenvalue weighted by atomic mass is 10.2. The second-order valence-electron chi connectivity index (χ2n) is 6.33. The fraction of sp³-hybridized carbons (Fsp3) is 0.0476. The highest BCUT2D eigenvalue weighted by Gasteiger charge is 2.29. The number of hydrogen-bond donors (Lipinski definition) is 3. The van der Waals surface area contributed by atoms with Gasteiger partial charge in [0.1, 0.15) is 5.82 Å². The third kappa shape index (κ3) is 4.21. The summed E-state index contributed by atoms with van der Waals surface area (Å²) in [5.74, 6) is 0.715. The number of fused-ring (bicyclic) bond motifs is 1. The molecular formula is C21H15F3N4O. The van der Waals surface area contributed by atoms with E-state index in [2.05, 4.69) is 20.6 Å². The van der Waals surface area contributed by atoms with Crippen molar-refractivity contribution in [1.82, 2.24) is 9.97 Å². The third-order valence-electron chi connectivity index (χ3n) is 4.28. The van der Waals surface area contributed by atoms with Crippen LogP contribution in [0.4, 0.5) is 29.3 Å². The molecule has 0 unspecified atom stereocenters. The lowest BCUT2D eigenvalue weighted by molar-refractivity contribution is -0.137. The quantitative estimate of drug-likeness (QED) is 0.404. The molecular weight excluding hydrogens is 381 g/mol. The van der Waals surface area contributed by atoms with Crippen LogP contribution in [-0.2, 0) is 6.18 Å². The van der Waals surface area contributed by atoms with Crippen LogP contribution in [0.5, 0.6) is 0 Å². The van der Waals surface area contributed by atoms with E-state index in [9.17, 15) is 18.0 Å². The standard InChI is InChI=1S/C21H15F3N4O/c22-21(23,24)14-7-11-16(12-8-14)26-20(29)25-15-9-5-13(6-10-15)19-27-17-3-1-2-4-18(17)28-19/h1-12H,(H,27,28)(H2,25,26,29). The molecule has 1 aromatic heterocycles. The van der Waals surface area contributed by atoms with Crippen molar-refractivity contribution in [3.05, 3.63) is 78.4 Å². The highest BCUT2D eigenvalue weighted by atomic mass is 19.4. The monoisotopic (exact) mass is 396 g/mol. The summed E-state index contributed by atoms with van der Waals surface area (Å²) in [5, 5.41) is 5.13. The highest BCUT2D eigenvalue weighted by Crippen LogP contribution is 2.30. The van der Waals surface area contributed by atoms with Crippen molar-refractivity contribution < 1.29 is 18.0 Å². The topological polar surface area (TPSA) is 69.8 Å². The van der Waals surface area contributed by atoms with Crippen molar-refractivity contribution in [3.8, 4) is 11.4 Å². The number of nitrogens with zero attached hydrogens (tertiary/aromatic N) is 1. The SMILES string of the molecule is O=C(Nc1ccc(-c2nc3ccccc3[nH]2)cc1)Nc1ccc(C(F)(F)F)cc1. The van der Waals surface area contributed by atoms with Gasteiger partial charge in [0.15, 0.2) is 0 Å². The first-order valence-electron chi connectivity index (χ1n) is 8.69. The predicted octanol–water partition coefficient (Wildman–Crippen LogP) is 5.89. The molecule has 5 nitrogen and oxygen atoms in total. The fourth-order valence-electron chi connectivity index (χ4n) is 2.84. The first-order chi connectivity index (χ1) is 13.9. The number of para-hydroxylation sites is 2. The maximum Gasteiger partial charge on any atom is 0.416 e. The van der Waals surface area contributed by atoms with Crippen LogP contribution in [0.2, 0.25) is 0 Å². The van der Waals surface area contributed by atoms with Crippen LogP contribution in [0.1, 0.15) is 5.56 Å². The van der Waals surface area contributed by atoms with E-state index in [1.54, 1.807) is 12.1 Å². The zero-order chi connectivity index (χ0) is 20.4. The molecule has 146 valence electrons. The number of imidazole rings is 1. The number of anilines is 2. The van der Waals surface area contributed by atoms with Gasteiger partial charge in [-0.3, -0.25) is 0 Å². The molecule has 4 rings (SSSR count). The van der Waals surface area contributed by atoms with Crippen molar-refractivity contribution in [1.29, 1.82) is 0 Å². The Morgan fingerprint density at radius 2 is 1.41 bits per heavy atom. The molecule has 0 fully saturated rings. The molecule has 0 radical (unpaired) electrons. The number of rotatable bonds is 3. The van der Waals surface area contributed by atoms with Gasteiger partial charge in [-0.2, -0.15) is 13.2 Å². The Kier molecular flexibility index (Phi) is 4.67. The Balaban J connectivity index is 1.41. The van der Waals surface area contributed by atoms with Crippen LogP contribution < -0.4 is 10.6 Å². The van der Waals surface area contributed by atoms with E-state index in [1.807, 2.05) is 36.4 Å². The Hall–Kier alpha value is -3.81. The van der Waals surface area contributed by atoms with Gasteiger partial charge in [0.05, 0.1) is 16.6 Å². The first kappa shape index (κ1) is 18.5. The zero-order valence-electron chi connectivity index (χ0n) is 14.9. The average Bonchev–Trinajstić information content (AvgIpc) is 3.12. The van der Waals surface area contributed by atoms with E-state index >= 15 is 0 Å². The molecule has 0 saturated heterocycles. The minimum atomic E-state index is -4.41. The maximum absolute atomic E-state index is 12.6. The number of urea groups is 1. The summed E-state index contributed by atoms with van der Waals surface area (Å²) in [6.45, 7) is 0. The van der Waals surface area contributed by atoms with Crippen molar-refractivity contribution in [2.75, 3.05) is 10.6 Å². The summed E-state index contributed by atoms with van der Waals surface area (Å²) in [4.78, 5) is 19.8. The molecule has 0 spiro atoms. The number of halogens is 3. The van der Waals surface area contributed by atoms with Gasteiger partial charge in [-0.05, 0) is 60.7 Å². The average molecular weight is 396 g/mol. The van der Waals surface area contributed by atoms with Gasteiger partial charge in [-0.15, -0.1) is 0 Å². The Morgan fingerprint density at radius 1 is 0.828 bits per heavy atom. The van der Waals surface area contributed by atoms with Gasteiger partial charge in [0, 0.05) is 16.9 Å². The molecule has 0 aliphatic heterocycles. The van der Waals surface area contributed by atoms with Gasteiger partial charge in [0.25, 0.3) is 0 Å². The number of amides is 2. The molecule has 0 aliphatic carbocycles. The van der Waals surface area contributed by atoms with Gasteiger partial charge in [-0.1, -0.05) is 12.1 Å². The Labute approximate surface area is 163 Å². The van der Waals surface area contributed by atoms with Crippen molar-refractivity contribution in [2.45, 2.75) is 6.18 Å². The van der Waals surface area contributed by atoms with E-state index in [1.165, 1.54) is 12.1 Å². The molecule has 0 aliphatic rings. The Morgan fingerprint density at radius 3 is 2.00 bits per heavy atom. The number of aromatic amines is 1.